The van der Waals surface area contributed by atoms with E-state index in [4.69, 9.17) is 10.00 Å². The molecule has 0 radical (unpaired) electrons. The van der Waals surface area contributed by atoms with E-state index in [9.17, 15) is 14.4 Å². The molecule has 0 spiro atoms. The van der Waals surface area contributed by atoms with Gasteiger partial charge in [-0.1, -0.05) is 12.1 Å². The van der Waals surface area contributed by atoms with Gasteiger partial charge in [0, 0.05) is 0 Å². The average molecular weight is 258 g/mol. The number of fused-ring (bicyclic) bond motifs is 1. The molecule has 96 valence electrons. The highest BCUT2D eigenvalue weighted by Gasteiger charge is 2.36. The maximum Gasteiger partial charge on any atom is 0.327 e. The van der Waals surface area contributed by atoms with E-state index in [1.165, 1.54) is 19.1 Å². The Morgan fingerprint density at radius 1 is 1.32 bits per heavy atom. The Morgan fingerprint density at radius 3 is 2.32 bits per heavy atom. The minimum atomic E-state index is -0.914. The average Bonchev–Trinajstić information content (AvgIpc) is 2.64. The third kappa shape index (κ3) is 2.31. The highest BCUT2D eigenvalue weighted by atomic mass is 16.5. The van der Waals surface area contributed by atoms with Crippen LogP contribution in [0.25, 0.3) is 0 Å². The summed E-state index contributed by atoms with van der Waals surface area (Å²) in [6.07, 6.45) is -0.914. The topological polar surface area (TPSA) is 87.5 Å². The molecule has 0 aliphatic carbocycles. The van der Waals surface area contributed by atoms with Crippen molar-refractivity contribution in [1.29, 1.82) is 5.26 Å². The second-order valence-electron chi connectivity index (χ2n) is 4.00. The first-order valence-corrected chi connectivity index (χ1v) is 5.59. The number of esters is 1. The Balaban J connectivity index is 2.13. The molecule has 2 amide bonds. The van der Waals surface area contributed by atoms with E-state index in [-0.39, 0.29) is 11.1 Å². The number of nitriles is 1. The van der Waals surface area contributed by atoms with E-state index in [0.717, 1.165) is 4.90 Å². The Labute approximate surface area is 109 Å². The molecule has 0 aromatic heterocycles. The molecular formula is C13H10N2O4. The van der Waals surface area contributed by atoms with Gasteiger partial charge in [-0.25, -0.2) is 0 Å². The summed E-state index contributed by atoms with van der Waals surface area (Å²) in [6, 6.07) is 8.07. The number of hydrogen-bond acceptors (Lipinski definition) is 5. The molecule has 0 saturated carbocycles. The number of imide groups is 1. The Morgan fingerprint density at radius 2 is 1.84 bits per heavy atom. The highest BCUT2D eigenvalue weighted by molar-refractivity contribution is 6.22. The van der Waals surface area contributed by atoms with Crippen LogP contribution in [0.1, 0.15) is 27.6 Å². The molecule has 0 unspecified atom stereocenters. The smallest absolute Gasteiger partial charge is 0.327 e. The van der Waals surface area contributed by atoms with Gasteiger partial charge in [-0.3, -0.25) is 19.3 Å². The fourth-order valence-corrected chi connectivity index (χ4v) is 1.77. The van der Waals surface area contributed by atoms with Crippen molar-refractivity contribution in [1.82, 2.24) is 4.90 Å². The summed E-state index contributed by atoms with van der Waals surface area (Å²) in [5.74, 6) is -1.84. The van der Waals surface area contributed by atoms with E-state index in [1.807, 2.05) is 0 Å². The molecule has 1 aliphatic heterocycles. The van der Waals surface area contributed by atoms with Crippen molar-refractivity contribution in [3.63, 3.8) is 0 Å². The molecular weight excluding hydrogens is 248 g/mol. The Bertz CT molecular complexity index is 568. The van der Waals surface area contributed by atoms with Crippen LogP contribution in [0.5, 0.6) is 0 Å². The van der Waals surface area contributed by atoms with Crippen molar-refractivity contribution in [2.24, 2.45) is 0 Å². The van der Waals surface area contributed by atoms with Gasteiger partial charge in [-0.2, -0.15) is 5.26 Å². The molecule has 1 aromatic rings. The summed E-state index contributed by atoms with van der Waals surface area (Å²) in [4.78, 5) is 36.2. The zero-order valence-corrected chi connectivity index (χ0v) is 10.1. The molecule has 19 heavy (non-hydrogen) atoms. The van der Waals surface area contributed by atoms with Gasteiger partial charge in [-0.05, 0) is 19.1 Å². The monoisotopic (exact) mass is 258 g/mol. The minimum absolute atomic E-state index is 0.272. The maximum atomic E-state index is 11.9. The summed E-state index contributed by atoms with van der Waals surface area (Å²) in [5.41, 5.74) is 0.544. The van der Waals surface area contributed by atoms with Crippen LogP contribution in [-0.4, -0.2) is 35.3 Å². The van der Waals surface area contributed by atoms with Gasteiger partial charge in [-0.15, -0.1) is 0 Å². The summed E-state index contributed by atoms with van der Waals surface area (Å²) in [5, 5.41) is 8.52. The number of hydrogen-bond donors (Lipinski definition) is 0. The predicted octanol–water partition coefficient (Wildman–Crippen LogP) is 0.738. The number of amides is 2. The van der Waals surface area contributed by atoms with Gasteiger partial charge in [0.25, 0.3) is 11.8 Å². The van der Waals surface area contributed by atoms with E-state index in [0.29, 0.717) is 0 Å². The van der Waals surface area contributed by atoms with Crippen LogP contribution in [0.2, 0.25) is 0 Å². The first-order valence-electron chi connectivity index (χ1n) is 5.59. The number of carbonyl (C=O) groups excluding carboxylic acids is 3. The SMILES string of the molecule is C[C@@H](C#N)OC(=O)CN1C(=O)c2ccccc2C1=O. The summed E-state index contributed by atoms with van der Waals surface area (Å²) in [7, 11) is 0. The van der Waals surface area contributed by atoms with E-state index < -0.39 is 30.4 Å². The maximum absolute atomic E-state index is 11.9. The van der Waals surface area contributed by atoms with Crippen molar-refractivity contribution in [2.75, 3.05) is 6.54 Å². The number of carbonyl (C=O) groups is 3. The molecule has 1 heterocycles. The second-order valence-corrected chi connectivity index (χ2v) is 4.00. The Kier molecular flexibility index (Phi) is 3.29. The summed E-state index contributed by atoms with van der Waals surface area (Å²) < 4.78 is 4.71. The molecule has 0 saturated heterocycles. The van der Waals surface area contributed by atoms with Crippen LogP contribution in [0.4, 0.5) is 0 Å². The minimum Gasteiger partial charge on any atom is -0.446 e. The quantitative estimate of drug-likeness (QED) is 0.589. The van der Waals surface area contributed by atoms with Gasteiger partial charge in [0.1, 0.15) is 12.6 Å². The molecule has 2 rings (SSSR count). The van der Waals surface area contributed by atoms with E-state index in [1.54, 1.807) is 18.2 Å². The van der Waals surface area contributed by atoms with Gasteiger partial charge in [0.2, 0.25) is 0 Å². The fourth-order valence-electron chi connectivity index (χ4n) is 1.77. The standard InChI is InChI=1S/C13H10N2O4/c1-8(6-14)19-11(16)7-15-12(17)9-4-2-3-5-10(9)13(15)18/h2-5,8H,7H2,1H3/t8-/m0/s1. The molecule has 0 N–H and O–H groups in total. The van der Waals surface area contributed by atoms with Crippen LogP contribution in [-0.2, 0) is 9.53 Å². The molecule has 6 nitrogen and oxygen atoms in total. The number of nitrogens with zero attached hydrogens (tertiary/aromatic N) is 2. The van der Waals surface area contributed by atoms with Crippen molar-refractivity contribution in [2.45, 2.75) is 13.0 Å². The van der Waals surface area contributed by atoms with Gasteiger partial charge in [0.15, 0.2) is 6.10 Å². The highest BCUT2D eigenvalue weighted by Crippen LogP contribution is 2.22. The molecule has 0 bridgehead atoms. The second kappa shape index (κ2) is 4.90. The zero-order chi connectivity index (χ0) is 14.0. The fraction of sp³-hybridized carbons (Fsp3) is 0.231. The number of benzene rings is 1. The first kappa shape index (κ1) is 12.8. The third-order valence-corrected chi connectivity index (χ3v) is 2.66. The number of rotatable bonds is 3. The zero-order valence-electron chi connectivity index (χ0n) is 10.1. The molecule has 1 aromatic carbocycles. The number of ether oxygens (including phenoxy) is 1. The normalized spacial score (nSPS) is 14.8. The molecule has 1 aliphatic rings. The van der Waals surface area contributed by atoms with Gasteiger partial charge < -0.3 is 4.74 Å². The predicted molar refractivity (Wildman–Crippen MR) is 63.0 cm³/mol. The van der Waals surface area contributed by atoms with Crippen LogP contribution in [0.3, 0.4) is 0 Å². The van der Waals surface area contributed by atoms with Gasteiger partial charge in [0.05, 0.1) is 11.1 Å². The van der Waals surface area contributed by atoms with Crippen molar-refractivity contribution < 1.29 is 19.1 Å². The van der Waals surface area contributed by atoms with Crippen molar-refractivity contribution in [3.05, 3.63) is 35.4 Å². The van der Waals surface area contributed by atoms with E-state index >= 15 is 0 Å². The van der Waals surface area contributed by atoms with Crippen molar-refractivity contribution >= 4 is 17.8 Å². The third-order valence-electron chi connectivity index (χ3n) is 2.66. The molecule has 6 heteroatoms. The lowest BCUT2D eigenvalue weighted by Gasteiger charge is -2.13. The van der Waals surface area contributed by atoms with E-state index in [2.05, 4.69) is 0 Å². The van der Waals surface area contributed by atoms with Crippen LogP contribution in [0.15, 0.2) is 24.3 Å². The lowest BCUT2D eigenvalue weighted by Crippen LogP contribution is -2.36. The lowest BCUT2D eigenvalue weighted by molar-refractivity contribution is -0.146. The van der Waals surface area contributed by atoms with Crippen LogP contribution >= 0.6 is 0 Å². The first-order chi connectivity index (χ1) is 9.04. The van der Waals surface area contributed by atoms with Crippen molar-refractivity contribution in [3.8, 4) is 6.07 Å². The van der Waals surface area contributed by atoms with Crippen LogP contribution in [0, 0.1) is 11.3 Å². The molecule has 0 fully saturated rings. The van der Waals surface area contributed by atoms with Gasteiger partial charge >= 0.3 is 5.97 Å². The molecule has 1 atom stereocenters. The summed E-state index contributed by atoms with van der Waals surface area (Å²) >= 11 is 0. The Hall–Kier alpha value is -2.68. The summed E-state index contributed by atoms with van der Waals surface area (Å²) in [6.45, 7) is 0.915. The van der Waals surface area contributed by atoms with Crippen LogP contribution < -0.4 is 0 Å². The largest absolute Gasteiger partial charge is 0.446 e. The lowest BCUT2D eigenvalue weighted by atomic mass is 10.1.